The van der Waals surface area contributed by atoms with Crippen molar-refractivity contribution < 1.29 is 23.5 Å². The van der Waals surface area contributed by atoms with Crippen molar-refractivity contribution >= 4 is 28.5 Å². The maximum Gasteiger partial charge on any atom is 0.336 e. The van der Waals surface area contributed by atoms with Gasteiger partial charge >= 0.3 is 5.97 Å². The Kier molecular flexibility index (Phi) is 4.79. The summed E-state index contributed by atoms with van der Waals surface area (Å²) >= 11 is 0. The molecule has 0 saturated carbocycles. The van der Waals surface area contributed by atoms with Crippen LogP contribution in [0.1, 0.15) is 26.3 Å². The van der Waals surface area contributed by atoms with E-state index in [0.29, 0.717) is 11.1 Å². The zero-order valence-electron chi connectivity index (χ0n) is 15.8. The van der Waals surface area contributed by atoms with E-state index in [1.54, 1.807) is 6.07 Å². The molecular formula is C23H16F2N2O3. The summed E-state index contributed by atoms with van der Waals surface area (Å²) in [6, 6.07) is 13.1. The predicted octanol–water partition coefficient (Wildman–Crippen LogP) is 5.37. The number of carbonyl (C=O) groups excluding carboxylic acids is 1. The van der Waals surface area contributed by atoms with Gasteiger partial charge in [-0.1, -0.05) is 18.2 Å². The van der Waals surface area contributed by atoms with Crippen molar-refractivity contribution in [2.24, 2.45) is 0 Å². The van der Waals surface area contributed by atoms with Crippen LogP contribution in [0.2, 0.25) is 0 Å². The normalized spacial score (nSPS) is 10.9. The molecule has 0 bridgehead atoms. The van der Waals surface area contributed by atoms with Gasteiger partial charge in [0, 0.05) is 17.1 Å². The molecule has 0 spiro atoms. The minimum Gasteiger partial charge on any atom is -0.478 e. The van der Waals surface area contributed by atoms with Crippen molar-refractivity contribution in [2.45, 2.75) is 6.92 Å². The molecule has 150 valence electrons. The molecule has 0 aliphatic carbocycles. The van der Waals surface area contributed by atoms with Crippen LogP contribution < -0.4 is 5.32 Å². The number of H-pyrrole nitrogens is 1. The van der Waals surface area contributed by atoms with Crippen molar-refractivity contribution in [3.05, 3.63) is 89.1 Å². The van der Waals surface area contributed by atoms with Crippen molar-refractivity contribution in [3.8, 4) is 11.1 Å². The zero-order valence-corrected chi connectivity index (χ0v) is 15.8. The summed E-state index contributed by atoms with van der Waals surface area (Å²) in [6.07, 6.45) is 1.85. The average Bonchev–Trinajstić information content (AvgIpc) is 3.10. The third kappa shape index (κ3) is 3.41. The Morgan fingerprint density at radius 2 is 1.60 bits per heavy atom. The van der Waals surface area contributed by atoms with Gasteiger partial charge in [0.1, 0.15) is 17.3 Å². The second-order valence-electron chi connectivity index (χ2n) is 6.85. The SMILES string of the molecule is Cc1c[nH]c2ccc(-c3cc(F)c(NC(=O)c4ccccc4C(=O)O)c(F)c3)cc12. The average molecular weight is 406 g/mol. The van der Waals surface area contributed by atoms with Crippen LogP contribution in [0, 0.1) is 18.6 Å². The number of carboxylic acids is 1. The highest BCUT2D eigenvalue weighted by Crippen LogP contribution is 2.30. The molecule has 3 aromatic carbocycles. The molecule has 0 radical (unpaired) electrons. The summed E-state index contributed by atoms with van der Waals surface area (Å²) in [5, 5.41) is 12.3. The Bertz CT molecular complexity index is 1290. The topological polar surface area (TPSA) is 82.2 Å². The number of fused-ring (bicyclic) bond motifs is 1. The van der Waals surface area contributed by atoms with Crippen LogP contribution in [-0.4, -0.2) is 22.0 Å². The van der Waals surface area contributed by atoms with Gasteiger partial charge < -0.3 is 15.4 Å². The second-order valence-corrected chi connectivity index (χ2v) is 6.85. The van der Waals surface area contributed by atoms with Crippen molar-refractivity contribution in [3.63, 3.8) is 0 Å². The van der Waals surface area contributed by atoms with Crippen LogP contribution in [-0.2, 0) is 0 Å². The number of carboxylic acid groups (broad SMARTS) is 1. The minimum absolute atomic E-state index is 0.193. The maximum absolute atomic E-state index is 14.7. The van der Waals surface area contributed by atoms with E-state index >= 15 is 0 Å². The van der Waals surface area contributed by atoms with Crippen LogP contribution >= 0.6 is 0 Å². The highest BCUT2D eigenvalue weighted by atomic mass is 19.1. The standard InChI is InChI=1S/C23H16F2N2O3/c1-12-11-26-20-7-6-13(8-17(12)20)14-9-18(24)21(19(25)10-14)27-22(28)15-4-2-3-5-16(15)23(29)30/h2-11,26H,1H3,(H,27,28)(H,29,30). The summed E-state index contributed by atoms with van der Waals surface area (Å²) in [6.45, 7) is 1.93. The molecule has 1 amide bonds. The predicted molar refractivity (Wildman–Crippen MR) is 110 cm³/mol. The molecule has 0 fully saturated rings. The van der Waals surface area contributed by atoms with Crippen LogP contribution in [0.25, 0.3) is 22.0 Å². The first-order chi connectivity index (χ1) is 14.3. The number of halogens is 2. The van der Waals surface area contributed by atoms with Crippen LogP contribution in [0.15, 0.2) is 60.8 Å². The molecule has 4 rings (SSSR count). The van der Waals surface area contributed by atoms with E-state index in [-0.39, 0.29) is 11.1 Å². The number of nitrogens with one attached hydrogen (secondary N) is 2. The van der Waals surface area contributed by atoms with Crippen LogP contribution in [0.5, 0.6) is 0 Å². The van der Waals surface area contributed by atoms with Crippen LogP contribution in [0.4, 0.5) is 14.5 Å². The Labute approximate surface area is 170 Å². The first kappa shape index (κ1) is 19.3. The number of aromatic nitrogens is 1. The molecule has 30 heavy (non-hydrogen) atoms. The van der Waals surface area contributed by atoms with Crippen molar-refractivity contribution in [1.29, 1.82) is 0 Å². The van der Waals surface area contributed by atoms with Gasteiger partial charge in [-0.3, -0.25) is 4.79 Å². The van der Waals surface area contributed by atoms with E-state index < -0.39 is 29.2 Å². The smallest absolute Gasteiger partial charge is 0.336 e. The van der Waals surface area contributed by atoms with Gasteiger partial charge in [-0.05, 0) is 60.0 Å². The fourth-order valence-electron chi connectivity index (χ4n) is 3.35. The third-order valence-electron chi connectivity index (χ3n) is 4.90. The van der Waals surface area contributed by atoms with Gasteiger partial charge in [0.25, 0.3) is 5.91 Å². The summed E-state index contributed by atoms with van der Waals surface area (Å²) in [4.78, 5) is 26.8. The quantitative estimate of drug-likeness (QED) is 0.426. The Hall–Kier alpha value is -4.00. The van der Waals surface area contributed by atoms with E-state index in [4.69, 9.17) is 0 Å². The highest BCUT2D eigenvalue weighted by molar-refractivity contribution is 6.10. The Morgan fingerprint density at radius 3 is 2.27 bits per heavy atom. The molecule has 7 heteroatoms. The highest BCUT2D eigenvalue weighted by Gasteiger charge is 2.20. The van der Waals surface area contributed by atoms with Gasteiger partial charge in [-0.15, -0.1) is 0 Å². The number of rotatable bonds is 4. The van der Waals surface area contributed by atoms with E-state index in [9.17, 15) is 23.5 Å². The molecule has 0 aliphatic heterocycles. The molecule has 0 atom stereocenters. The molecule has 3 N–H and O–H groups in total. The minimum atomic E-state index is -1.31. The molecule has 0 unspecified atom stereocenters. The number of anilines is 1. The molecule has 5 nitrogen and oxygen atoms in total. The lowest BCUT2D eigenvalue weighted by Gasteiger charge is -2.11. The molecule has 1 aromatic heterocycles. The van der Waals surface area contributed by atoms with Gasteiger partial charge in [-0.2, -0.15) is 0 Å². The van der Waals surface area contributed by atoms with E-state index in [1.807, 2.05) is 25.3 Å². The number of carbonyl (C=O) groups is 2. The largest absolute Gasteiger partial charge is 0.478 e. The van der Waals surface area contributed by atoms with E-state index in [2.05, 4.69) is 10.3 Å². The lowest BCUT2D eigenvalue weighted by Crippen LogP contribution is -2.18. The van der Waals surface area contributed by atoms with Crippen molar-refractivity contribution in [1.82, 2.24) is 4.98 Å². The van der Waals surface area contributed by atoms with E-state index in [0.717, 1.165) is 28.6 Å². The number of hydrogen-bond donors (Lipinski definition) is 3. The Morgan fingerprint density at radius 1 is 0.933 bits per heavy atom. The molecular weight excluding hydrogens is 390 g/mol. The number of aromatic carboxylic acids is 1. The number of hydrogen-bond acceptors (Lipinski definition) is 2. The summed E-state index contributed by atoms with van der Waals surface area (Å²) in [5.41, 5.74) is 1.77. The lowest BCUT2D eigenvalue weighted by molar-refractivity contribution is 0.0692. The lowest BCUT2D eigenvalue weighted by atomic mass is 10.0. The van der Waals surface area contributed by atoms with Gasteiger partial charge in [0.2, 0.25) is 0 Å². The van der Waals surface area contributed by atoms with Gasteiger partial charge in [0.15, 0.2) is 0 Å². The van der Waals surface area contributed by atoms with Gasteiger partial charge in [0.05, 0.1) is 11.1 Å². The summed E-state index contributed by atoms with van der Waals surface area (Å²) in [5.74, 6) is -4.15. The van der Waals surface area contributed by atoms with Gasteiger partial charge in [-0.25, -0.2) is 13.6 Å². The number of benzene rings is 3. The summed E-state index contributed by atoms with van der Waals surface area (Å²) in [7, 11) is 0. The Balaban J connectivity index is 1.68. The maximum atomic E-state index is 14.7. The molecule has 1 heterocycles. The fourth-order valence-corrected chi connectivity index (χ4v) is 3.35. The van der Waals surface area contributed by atoms with E-state index in [1.165, 1.54) is 24.3 Å². The monoisotopic (exact) mass is 406 g/mol. The fraction of sp³-hybridized carbons (Fsp3) is 0.0435. The molecule has 4 aromatic rings. The number of aryl methyl sites for hydroxylation is 1. The summed E-state index contributed by atoms with van der Waals surface area (Å²) < 4.78 is 29.4. The number of aromatic amines is 1. The number of amides is 1. The second kappa shape index (κ2) is 7.44. The molecule has 0 saturated heterocycles. The third-order valence-corrected chi connectivity index (χ3v) is 4.90. The van der Waals surface area contributed by atoms with Crippen LogP contribution in [0.3, 0.4) is 0 Å². The molecule has 0 aliphatic rings. The van der Waals surface area contributed by atoms with Crippen molar-refractivity contribution in [2.75, 3.05) is 5.32 Å². The first-order valence-corrected chi connectivity index (χ1v) is 9.06. The first-order valence-electron chi connectivity index (χ1n) is 9.06. The zero-order chi connectivity index (χ0) is 21.4.